The first-order valence-corrected chi connectivity index (χ1v) is 6.67. The minimum Gasteiger partial charge on any atom is -0.350 e. The van der Waals surface area contributed by atoms with Gasteiger partial charge in [-0.1, -0.05) is 21.1 Å². The van der Waals surface area contributed by atoms with E-state index in [9.17, 15) is 9.18 Å². The molecular weight excluding hydrogens is 329 g/mol. The average Bonchev–Trinajstić information content (AvgIpc) is 2.87. The lowest BCUT2D eigenvalue weighted by atomic mass is 10.2. The van der Waals surface area contributed by atoms with Crippen LogP contribution in [0.5, 0.6) is 0 Å². The number of hydrogen-bond acceptors (Lipinski definition) is 4. The smallest absolute Gasteiger partial charge is 0.242 e. The second-order valence-electron chi connectivity index (χ2n) is 4.12. The fourth-order valence-corrected chi connectivity index (χ4v) is 1.97. The van der Waals surface area contributed by atoms with Crippen LogP contribution < -0.4 is 11.1 Å². The van der Waals surface area contributed by atoms with Crippen molar-refractivity contribution in [3.05, 3.63) is 45.9 Å². The lowest BCUT2D eigenvalue weighted by Gasteiger charge is -2.07. The predicted molar refractivity (Wildman–Crippen MR) is 73.9 cm³/mol. The predicted octanol–water partition coefficient (Wildman–Crippen LogP) is 0.955. The molecule has 1 aromatic carbocycles. The third kappa shape index (κ3) is 3.84. The van der Waals surface area contributed by atoms with Crippen LogP contribution in [0, 0.1) is 5.82 Å². The van der Waals surface area contributed by atoms with Crippen LogP contribution in [0.4, 0.5) is 4.39 Å². The van der Waals surface area contributed by atoms with E-state index < -0.39 is 0 Å². The van der Waals surface area contributed by atoms with Gasteiger partial charge in [-0.3, -0.25) is 4.79 Å². The zero-order chi connectivity index (χ0) is 14.5. The maximum Gasteiger partial charge on any atom is 0.242 e. The Hall–Kier alpha value is -1.80. The monoisotopic (exact) mass is 341 g/mol. The SMILES string of the molecule is NCc1cn(CC(=O)NCc2cc(F)ccc2Br)nn1. The number of aromatic nitrogens is 3. The molecule has 8 heteroatoms. The third-order valence-corrected chi connectivity index (χ3v) is 3.36. The van der Waals surface area contributed by atoms with E-state index >= 15 is 0 Å². The molecule has 0 aliphatic carbocycles. The number of nitrogens with zero attached hydrogens (tertiary/aromatic N) is 3. The van der Waals surface area contributed by atoms with Crippen LogP contribution in [0.2, 0.25) is 0 Å². The van der Waals surface area contributed by atoms with E-state index in [-0.39, 0.29) is 31.4 Å². The molecule has 3 N–H and O–H groups in total. The number of carbonyl (C=O) groups is 1. The summed E-state index contributed by atoms with van der Waals surface area (Å²) in [6, 6.07) is 4.31. The van der Waals surface area contributed by atoms with Gasteiger partial charge in [0, 0.05) is 17.6 Å². The molecule has 0 atom stereocenters. The fraction of sp³-hybridized carbons (Fsp3) is 0.250. The molecule has 0 aliphatic rings. The normalized spacial score (nSPS) is 10.6. The Kier molecular flexibility index (Phi) is 4.80. The zero-order valence-electron chi connectivity index (χ0n) is 10.5. The van der Waals surface area contributed by atoms with Crippen molar-refractivity contribution in [2.75, 3.05) is 0 Å². The lowest BCUT2D eigenvalue weighted by Crippen LogP contribution is -2.27. The number of nitrogens with one attached hydrogen (secondary N) is 1. The Morgan fingerprint density at radius 1 is 1.50 bits per heavy atom. The molecule has 20 heavy (non-hydrogen) atoms. The van der Waals surface area contributed by atoms with Gasteiger partial charge in [-0.15, -0.1) is 5.10 Å². The van der Waals surface area contributed by atoms with Gasteiger partial charge in [0.1, 0.15) is 12.4 Å². The highest BCUT2D eigenvalue weighted by molar-refractivity contribution is 9.10. The van der Waals surface area contributed by atoms with Gasteiger partial charge in [0.25, 0.3) is 0 Å². The van der Waals surface area contributed by atoms with E-state index in [0.717, 1.165) is 4.47 Å². The summed E-state index contributed by atoms with van der Waals surface area (Å²) < 4.78 is 15.2. The number of amides is 1. The van der Waals surface area contributed by atoms with E-state index in [4.69, 9.17) is 5.73 Å². The summed E-state index contributed by atoms with van der Waals surface area (Å²) in [6.07, 6.45) is 1.61. The molecule has 2 rings (SSSR count). The highest BCUT2D eigenvalue weighted by Crippen LogP contribution is 2.17. The molecule has 0 radical (unpaired) electrons. The molecule has 0 spiro atoms. The van der Waals surface area contributed by atoms with E-state index in [1.165, 1.54) is 16.8 Å². The summed E-state index contributed by atoms with van der Waals surface area (Å²) in [5.74, 6) is -0.587. The highest BCUT2D eigenvalue weighted by Gasteiger charge is 2.07. The molecule has 0 aliphatic heterocycles. The van der Waals surface area contributed by atoms with Gasteiger partial charge in [-0.05, 0) is 23.8 Å². The third-order valence-electron chi connectivity index (χ3n) is 2.58. The molecule has 0 saturated heterocycles. The molecular formula is C12H13BrFN5O. The van der Waals surface area contributed by atoms with Crippen molar-refractivity contribution in [1.29, 1.82) is 0 Å². The molecule has 0 fully saturated rings. The number of halogens is 2. The van der Waals surface area contributed by atoms with Crippen LogP contribution in [-0.4, -0.2) is 20.9 Å². The topological polar surface area (TPSA) is 85.8 Å². The Balaban J connectivity index is 1.90. The summed E-state index contributed by atoms with van der Waals surface area (Å²) in [5.41, 5.74) is 6.68. The Bertz CT molecular complexity index is 616. The van der Waals surface area contributed by atoms with E-state index in [1.807, 2.05) is 0 Å². The van der Waals surface area contributed by atoms with Crippen LogP contribution in [0.1, 0.15) is 11.3 Å². The largest absolute Gasteiger partial charge is 0.350 e. The van der Waals surface area contributed by atoms with Crippen LogP contribution in [-0.2, 0) is 24.4 Å². The van der Waals surface area contributed by atoms with Crippen molar-refractivity contribution < 1.29 is 9.18 Å². The Labute approximate surface area is 123 Å². The lowest BCUT2D eigenvalue weighted by molar-refractivity contribution is -0.122. The van der Waals surface area contributed by atoms with E-state index in [1.54, 1.807) is 12.3 Å². The molecule has 0 saturated carbocycles. The van der Waals surface area contributed by atoms with Crippen molar-refractivity contribution >= 4 is 21.8 Å². The molecule has 6 nitrogen and oxygen atoms in total. The van der Waals surface area contributed by atoms with E-state index in [2.05, 4.69) is 31.6 Å². The van der Waals surface area contributed by atoms with Crippen molar-refractivity contribution in [2.45, 2.75) is 19.6 Å². The minimum absolute atomic E-state index is 0.0416. The minimum atomic E-state index is -0.346. The van der Waals surface area contributed by atoms with Crippen LogP contribution >= 0.6 is 15.9 Å². The number of nitrogens with two attached hydrogens (primary N) is 1. The van der Waals surface area contributed by atoms with Gasteiger partial charge >= 0.3 is 0 Å². The first-order valence-electron chi connectivity index (χ1n) is 5.88. The molecule has 1 amide bonds. The van der Waals surface area contributed by atoms with E-state index in [0.29, 0.717) is 11.3 Å². The van der Waals surface area contributed by atoms with Gasteiger partial charge in [-0.2, -0.15) is 0 Å². The summed E-state index contributed by atoms with van der Waals surface area (Å²) in [4.78, 5) is 11.7. The number of benzene rings is 1. The molecule has 1 aromatic heterocycles. The standard InChI is InChI=1S/C12H13BrFN5O/c13-11-2-1-9(14)3-8(11)5-16-12(20)7-19-6-10(4-15)17-18-19/h1-3,6H,4-5,7,15H2,(H,16,20). The van der Waals surface area contributed by atoms with Crippen molar-refractivity contribution in [3.8, 4) is 0 Å². The van der Waals surface area contributed by atoms with Crippen LogP contribution in [0.25, 0.3) is 0 Å². The van der Waals surface area contributed by atoms with Gasteiger partial charge in [0.05, 0.1) is 11.9 Å². The fourth-order valence-electron chi connectivity index (χ4n) is 1.58. The molecule has 0 bridgehead atoms. The number of carbonyl (C=O) groups excluding carboxylic acids is 1. The molecule has 2 aromatic rings. The van der Waals surface area contributed by atoms with Gasteiger partial charge in [0.15, 0.2) is 0 Å². The molecule has 1 heterocycles. The number of rotatable bonds is 5. The van der Waals surface area contributed by atoms with Gasteiger partial charge in [-0.25, -0.2) is 9.07 Å². The van der Waals surface area contributed by atoms with Gasteiger partial charge in [0.2, 0.25) is 5.91 Å². The Morgan fingerprint density at radius 3 is 3.00 bits per heavy atom. The summed E-state index contributed by atoms with van der Waals surface area (Å²) >= 11 is 3.30. The number of hydrogen-bond donors (Lipinski definition) is 2. The summed E-state index contributed by atoms with van der Waals surface area (Å²) in [7, 11) is 0. The average molecular weight is 342 g/mol. The van der Waals surface area contributed by atoms with Crippen molar-refractivity contribution in [2.24, 2.45) is 5.73 Å². The second-order valence-corrected chi connectivity index (χ2v) is 4.98. The second kappa shape index (κ2) is 6.58. The maximum atomic E-state index is 13.1. The summed E-state index contributed by atoms with van der Waals surface area (Å²) in [5, 5.41) is 10.2. The first kappa shape index (κ1) is 14.6. The quantitative estimate of drug-likeness (QED) is 0.847. The van der Waals surface area contributed by atoms with Crippen molar-refractivity contribution in [1.82, 2.24) is 20.3 Å². The summed E-state index contributed by atoms with van der Waals surface area (Å²) in [6.45, 7) is 0.549. The molecule has 0 unspecified atom stereocenters. The zero-order valence-corrected chi connectivity index (χ0v) is 12.1. The first-order chi connectivity index (χ1) is 9.58. The molecule has 106 valence electrons. The Morgan fingerprint density at radius 2 is 2.30 bits per heavy atom. The maximum absolute atomic E-state index is 13.1. The highest BCUT2D eigenvalue weighted by atomic mass is 79.9. The van der Waals surface area contributed by atoms with Gasteiger partial charge < -0.3 is 11.1 Å². The van der Waals surface area contributed by atoms with Crippen LogP contribution in [0.15, 0.2) is 28.9 Å². The van der Waals surface area contributed by atoms with Crippen LogP contribution in [0.3, 0.4) is 0 Å². The van der Waals surface area contributed by atoms with Crippen molar-refractivity contribution in [3.63, 3.8) is 0 Å².